The van der Waals surface area contributed by atoms with Crippen LogP contribution in [-0.2, 0) is 14.8 Å². The molecule has 4 N–H and O–H groups in total. The van der Waals surface area contributed by atoms with Crippen molar-refractivity contribution in [2.45, 2.75) is 26.2 Å². The third-order valence-electron chi connectivity index (χ3n) is 3.29. The Kier molecular flexibility index (Phi) is 6.04. The van der Waals surface area contributed by atoms with Gasteiger partial charge in [-0.2, -0.15) is 0 Å². The number of nitrogens with two attached hydrogens (primary N) is 1. The molecule has 1 aliphatic rings. The summed E-state index contributed by atoms with van der Waals surface area (Å²) in [5.74, 6) is -0.0723. The van der Waals surface area contributed by atoms with E-state index in [1.165, 1.54) is 6.42 Å². The topological polar surface area (TPSA) is 101 Å². The maximum Gasteiger partial charge on any atom is 0.224 e. The standard InChI is InChI=1S/C11H23N3O3S/c1-9(7-12)11(15)13-5-6-18(16,17)14-8-10-3-2-4-10/h9-10,14H,2-8,12H2,1H3,(H,13,15). The Bertz CT molecular complexity index is 366. The van der Waals surface area contributed by atoms with E-state index in [4.69, 9.17) is 5.73 Å². The lowest BCUT2D eigenvalue weighted by Gasteiger charge is -2.25. The Morgan fingerprint density at radius 3 is 2.61 bits per heavy atom. The summed E-state index contributed by atoms with van der Waals surface area (Å²) in [5.41, 5.74) is 5.34. The monoisotopic (exact) mass is 277 g/mol. The number of hydrogen-bond donors (Lipinski definition) is 3. The van der Waals surface area contributed by atoms with E-state index >= 15 is 0 Å². The molecule has 6 nitrogen and oxygen atoms in total. The number of carbonyl (C=O) groups is 1. The second-order valence-corrected chi connectivity index (χ2v) is 6.82. The highest BCUT2D eigenvalue weighted by atomic mass is 32.2. The number of rotatable bonds is 8. The molecule has 1 unspecified atom stereocenters. The molecule has 18 heavy (non-hydrogen) atoms. The van der Waals surface area contributed by atoms with E-state index in [1.807, 2.05) is 0 Å². The molecule has 0 bridgehead atoms. The summed E-state index contributed by atoms with van der Waals surface area (Å²) in [7, 11) is -3.28. The van der Waals surface area contributed by atoms with E-state index < -0.39 is 10.0 Å². The maximum atomic E-state index is 11.6. The minimum Gasteiger partial charge on any atom is -0.355 e. The highest BCUT2D eigenvalue weighted by molar-refractivity contribution is 7.89. The van der Waals surface area contributed by atoms with E-state index in [2.05, 4.69) is 10.0 Å². The quantitative estimate of drug-likeness (QED) is 0.552. The van der Waals surface area contributed by atoms with Crippen LogP contribution in [0.1, 0.15) is 26.2 Å². The lowest BCUT2D eigenvalue weighted by molar-refractivity contribution is -0.124. The third kappa shape index (κ3) is 5.32. The first kappa shape index (κ1) is 15.4. The van der Waals surface area contributed by atoms with Crippen LogP contribution in [0.2, 0.25) is 0 Å². The van der Waals surface area contributed by atoms with Gasteiger partial charge in [-0.3, -0.25) is 4.79 Å². The number of hydrogen-bond acceptors (Lipinski definition) is 4. The molecule has 1 atom stereocenters. The fraction of sp³-hybridized carbons (Fsp3) is 0.909. The summed E-state index contributed by atoms with van der Waals surface area (Å²) in [5, 5.41) is 2.57. The van der Waals surface area contributed by atoms with Gasteiger partial charge in [0.05, 0.1) is 5.75 Å². The van der Waals surface area contributed by atoms with Crippen molar-refractivity contribution < 1.29 is 13.2 Å². The fourth-order valence-electron chi connectivity index (χ4n) is 1.60. The van der Waals surface area contributed by atoms with Crippen LogP contribution in [0.4, 0.5) is 0 Å². The minimum atomic E-state index is -3.28. The maximum absolute atomic E-state index is 11.6. The number of nitrogens with one attached hydrogen (secondary N) is 2. The van der Waals surface area contributed by atoms with Gasteiger partial charge < -0.3 is 11.1 Å². The predicted molar refractivity (Wildman–Crippen MR) is 70.4 cm³/mol. The molecule has 0 aromatic rings. The lowest BCUT2D eigenvalue weighted by Crippen LogP contribution is -2.39. The molecule has 0 aromatic heterocycles. The van der Waals surface area contributed by atoms with Crippen molar-refractivity contribution >= 4 is 15.9 Å². The summed E-state index contributed by atoms with van der Waals surface area (Å²) in [6.07, 6.45) is 3.40. The first-order valence-corrected chi connectivity index (χ1v) is 8.05. The molecule has 1 fully saturated rings. The van der Waals surface area contributed by atoms with E-state index in [9.17, 15) is 13.2 Å². The van der Waals surface area contributed by atoms with Gasteiger partial charge in [0.15, 0.2) is 0 Å². The molecular weight excluding hydrogens is 254 g/mol. The van der Waals surface area contributed by atoms with Crippen molar-refractivity contribution in [3.8, 4) is 0 Å². The zero-order valence-electron chi connectivity index (χ0n) is 10.8. The number of sulfonamides is 1. The van der Waals surface area contributed by atoms with Gasteiger partial charge in [0, 0.05) is 25.6 Å². The molecule has 1 rings (SSSR count). The van der Waals surface area contributed by atoms with Gasteiger partial charge in [0.1, 0.15) is 0 Å². The van der Waals surface area contributed by atoms with Crippen LogP contribution >= 0.6 is 0 Å². The molecule has 7 heteroatoms. The Hall–Kier alpha value is -0.660. The highest BCUT2D eigenvalue weighted by Gasteiger charge is 2.20. The van der Waals surface area contributed by atoms with Crippen molar-refractivity contribution in [1.29, 1.82) is 0 Å². The van der Waals surface area contributed by atoms with E-state index in [1.54, 1.807) is 6.92 Å². The van der Waals surface area contributed by atoms with Gasteiger partial charge in [-0.05, 0) is 18.8 Å². The first-order chi connectivity index (χ1) is 8.44. The van der Waals surface area contributed by atoms with Crippen LogP contribution in [0.25, 0.3) is 0 Å². The van der Waals surface area contributed by atoms with Gasteiger partial charge in [-0.1, -0.05) is 13.3 Å². The van der Waals surface area contributed by atoms with Gasteiger partial charge in [-0.15, -0.1) is 0 Å². The fourth-order valence-corrected chi connectivity index (χ4v) is 2.61. The van der Waals surface area contributed by atoms with Crippen LogP contribution in [0, 0.1) is 11.8 Å². The highest BCUT2D eigenvalue weighted by Crippen LogP contribution is 2.25. The van der Waals surface area contributed by atoms with Crippen LogP contribution in [0.3, 0.4) is 0 Å². The Labute approximate surface area is 109 Å². The largest absolute Gasteiger partial charge is 0.355 e. The minimum absolute atomic E-state index is 0.0806. The molecule has 0 saturated heterocycles. The summed E-state index contributed by atoms with van der Waals surface area (Å²) >= 11 is 0. The van der Waals surface area contributed by atoms with Crippen molar-refractivity contribution in [3.63, 3.8) is 0 Å². The molecule has 0 radical (unpaired) electrons. The molecular formula is C11H23N3O3S. The zero-order valence-corrected chi connectivity index (χ0v) is 11.6. The molecule has 1 amide bonds. The number of amides is 1. The second-order valence-electron chi connectivity index (χ2n) is 4.89. The van der Waals surface area contributed by atoms with E-state index in [-0.39, 0.29) is 30.7 Å². The average molecular weight is 277 g/mol. The SMILES string of the molecule is CC(CN)C(=O)NCCS(=O)(=O)NCC1CCC1. The molecule has 106 valence electrons. The molecule has 0 aliphatic heterocycles. The van der Waals surface area contributed by atoms with Crippen LogP contribution in [0.5, 0.6) is 0 Å². The van der Waals surface area contributed by atoms with Gasteiger partial charge in [-0.25, -0.2) is 13.1 Å². The van der Waals surface area contributed by atoms with Crippen LogP contribution in [0.15, 0.2) is 0 Å². The molecule has 1 saturated carbocycles. The van der Waals surface area contributed by atoms with Gasteiger partial charge in [0.2, 0.25) is 15.9 Å². The smallest absolute Gasteiger partial charge is 0.224 e. The third-order valence-corrected chi connectivity index (χ3v) is 4.64. The van der Waals surface area contributed by atoms with Crippen molar-refractivity contribution in [3.05, 3.63) is 0 Å². The van der Waals surface area contributed by atoms with Crippen molar-refractivity contribution in [1.82, 2.24) is 10.0 Å². The van der Waals surface area contributed by atoms with Gasteiger partial charge in [0.25, 0.3) is 0 Å². The predicted octanol–water partition coefficient (Wildman–Crippen LogP) is -0.583. The Morgan fingerprint density at radius 1 is 1.44 bits per heavy atom. The Balaban J connectivity index is 2.18. The molecule has 0 spiro atoms. The first-order valence-electron chi connectivity index (χ1n) is 6.39. The zero-order chi connectivity index (χ0) is 13.6. The van der Waals surface area contributed by atoms with Crippen LogP contribution in [-0.4, -0.2) is 39.7 Å². The van der Waals surface area contributed by atoms with E-state index in [0.717, 1.165) is 12.8 Å². The second kappa shape index (κ2) is 7.06. The summed E-state index contributed by atoms with van der Waals surface area (Å²) in [6.45, 7) is 2.62. The molecule has 0 heterocycles. The lowest BCUT2D eigenvalue weighted by atomic mass is 9.86. The van der Waals surface area contributed by atoms with Crippen molar-refractivity contribution in [2.75, 3.05) is 25.4 Å². The summed E-state index contributed by atoms with van der Waals surface area (Å²) < 4.78 is 25.8. The molecule has 0 aromatic carbocycles. The summed E-state index contributed by atoms with van der Waals surface area (Å²) in [4.78, 5) is 11.4. The van der Waals surface area contributed by atoms with Crippen LogP contribution < -0.4 is 15.8 Å². The van der Waals surface area contributed by atoms with Crippen molar-refractivity contribution in [2.24, 2.45) is 17.6 Å². The Morgan fingerprint density at radius 2 is 2.11 bits per heavy atom. The number of carbonyl (C=O) groups excluding carboxylic acids is 1. The van der Waals surface area contributed by atoms with Gasteiger partial charge >= 0.3 is 0 Å². The average Bonchev–Trinajstić information content (AvgIpc) is 2.25. The molecule has 1 aliphatic carbocycles. The normalized spacial score (nSPS) is 18.1. The summed E-state index contributed by atoms with van der Waals surface area (Å²) in [6, 6.07) is 0. The van der Waals surface area contributed by atoms with E-state index in [0.29, 0.717) is 12.5 Å².